The summed E-state index contributed by atoms with van der Waals surface area (Å²) >= 11 is 6.13. The number of aryl methyl sites for hydroxylation is 1. The number of benzene rings is 1. The van der Waals surface area contributed by atoms with Gasteiger partial charge in [0.1, 0.15) is 0 Å². The molecule has 2 rings (SSSR count). The SMILES string of the molecule is Cc1cc(NN)c(C(=O)NC(C)c2ccccc2Cl)cn1. The van der Waals surface area contributed by atoms with Crippen LogP contribution in [0.4, 0.5) is 5.69 Å². The maximum atomic E-state index is 12.3. The molecule has 0 fully saturated rings. The van der Waals surface area contributed by atoms with E-state index in [-0.39, 0.29) is 11.9 Å². The molecule has 4 N–H and O–H groups in total. The fourth-order valence-electron chi connectivity index (χ4n) is 2.04. The summed E-state index contributed by atoms with van der Waals surface area (Å²) < 4.78 is 0. The molecule has 0 radical (unpaired) electrons. The van der Waals surface area contributed by atoms with E-state index < -0.39 is 0 Å². The van der Waals surface area contributed by atoms with Crippen LogP contribution in [-0.4, -0.2) is 10.9 Å². The molecular formula is C15H17ClN4O. The lowest BCUT2D eigenvalue weighted by Gasteiger charge is -2.17. The number of carbonyl (C=O) groups is 1. The lowest BCUT2D eigenvalue weighted by Crippen LogP contribution is -2.28. The largest absolute Gasteiger partial charge is 0.345 e. The minimum absolute atomic E-state index is 0.224. The van der Waals surface area contributed by atoms with Crippen molar-refractivity contribution in [1.29, 1.82) is 0 Å². The highest BCUT2D eigenvalue weighted by molar-refractivity contribution is 6.31. The van der Waals surface area contributed by atoms with Gasteiger partial charge in [-0.15, -0.1) is 0 Å². The molecule has 1 unspecified atom stereocenters. The van der Waals surface area contributed by atoms with Gasteiger partial charge in [0.2, 0.25) is 0 Å². The lowest BCUT2D eigenvalue weighted by atomic mass is 10.1. The topological polar surface area (TPSA) is 80.0 Å². The van der Waals surface area contributed by atoms with Crippen LogP contribution in [0.2, 0.25) is 5.02 Å². The second-order valence-electron chi connectivity index (χ2n) is 4.73. The third kappa shape index (κ3) is 3.51. The average Bonchev–Trinajstić information content (AvgIpc) is 2.47. The second-order valence-corrected chi connectivity index (χ2v) is 5.14. The van der Waals surface area contributed by atoms with Crippen molar-refractivity contribution in [2.24, 2.45) is 5.84 Å². The van der Waals surface area contributed by atoms with Crippen LogP contribution in [0.1, 0.15) is 34.6 Å². The van der Waals surface area contributed by atoms with Crippen LogP contribution in [0.15, 0.2) is 36.5 Å². The third-order valence-electron chi connectivity index (χ3n) is 3.16. The summed E-state index contributed by atoms with van der Waals surface area (Å²) in [6, 6.07) is 8.89. The average molecular weight is 305 g/mol. The van der Waals surface area contributed by atoms with Crippen LogP contribution in [0.3, 0.4) is 0 Å². The molecule has 0 aliphatic heterocycles. The van der Waals surface area contributed by atoms with Gasteiger partial charge in [-0.3, -0.25) is 15.6 Å². The Kier molecular flexibility index (Phi) is 4.77. The molecule has 5 nitrogen and oxygen atoms in total. The van der Waals surface area contributed by atoms with E-state index in [9.17, 15) is 4.79 Å². The summed E-state index contributed by atoms with van der Waals surface area (Å²) in [6.07, 6.45) is 1.50. The number of nitrogens with one attached hydrogen (secondary N) is 2. The summed E-state index contributed by atoms with van der Waals surface area (Å²) in [4.78, 5) is 16.5. The van der Waals surface area contributed by atoms with E-state index in [1.54, 1.807) is 12.1 Å². The number of nitrogens with zero attached hydrogens (tertiary/aromatic N) is 1. The Labute approximate surface area is 128 Å². The van der Waals surface area contributed by atoms with Crippen molar-refractivity contribution in [2.45, 2.75) is 19.9 Å². The number of pyridine rings is 1. The molecule has 0 aliphatic rings. The molecule has 1 aromatic heterocycles. The Morgan fingerprint density at radius 1 is 1.38 bits per heavy atom. The van der Waals surface area contributed by atoms with Gasteiger partial charge in [-0.25, -0.2) is 0 Å². The van der Waals surface area contributed by atoms with Crippen LogP contribution < -0.4 is 16.6 Å². The number of halogens is 1. The van der Waals surface area contributed by atoms with Crippen molar-refractivity contribution in [2.75, 3.05) is 5.43 Å². The van der Waals surface area contributed by atoms with E-state index in [1.807, 2.05) is 32.0 Å². The van der Waals surface area contributed by atoms with Gasteiger partial charge in [-0.2, -0.15) is 0 Å². The normalized spacial score (nSPS) is 11.8. The number of aromatic nitrogens is 1. The van der Waals surface area contributed by atoms with E-state index in [2.05, 4.69) is 15.7 Å². The van der Waals surface area contributed by atoms with Gasteiger partial charge in [0.25, 0.3) is 5.91 Å². The van der Waals surface area contributed by atoms with Gasteiger partial charge < -0.3 is 10.7 Å². The van der Waals surface area contributed by atoms with Crippen LogP contribution >= 0.6 is 11.6 Å². The molecule has 2 aromatic rings. The van der Waals surface area contributed by atoms with E-state index in [4.69, 9.17) is 17.4 Å². The smallest absolute Gasteiger partial charge is 0.255 e. The van der Waals surface area contributed by atoms with Crippen LogP contribution in [0.25, 0.3) is 0 Å². The molecule has 0 bridgehead atoms. The summed E-state index contributed by atoms with van der Waals surface area (Å²) in [5.41, 5.74) is 5.07. The van der Waals surface area contributed by atoms with E-state index in [0.717, 1.165) is 11.3 Å². The number of nitrogen functional groups attached to an aromatic ring is 1. The van der Waals surface area contributed by atoms with E-state index in [1.165, 1.54) is 6.20 Å². The predicted molar refractivity (Wildman–Crippen MR) is 84.1 cm³/mol. The molecule has 6 heteroatoms. The number of amides is 1. The Bertz CT molecular complexity index is 660. The number of carbonyl (C=O) groups excluding carboxylic acids is 1. The highest BCUT2D eigenvalue weighted by Gasteiger charge is 2.16. The Balaban J connectivity index is 2.20. The zero-order valence-electron chi connectivity index (χ0n) is 11.9. The summed E-state index contributed by atoms with van der Waals surface area (Å²) in [6.45, 7) is 3.70. The molecule has 0 saturated heterocycles. The molecule has 1 amide bonds. The lowest BCUT2D eigenvalue weighted by molar-refractivity contribution is 0.0940. The second kappa shape index (κ2) is 6.56. The highest BCUT2D eigenvalue weighted by Crippen LogP contribution is 2.23. The zero-order chi connectivity index (χ0) is 15.4. The van der Waals surface area contributed by atoms with Crippen molar-refractivity contribution < 1.29 is 4.79 Å². The van der Waals surface area contributed by atoms with Gasteiger partial charge in [-0.05, 0) is 31.5 Å². The Morgan fingerprint density at radius 2 is 2.10 bits per heavy atom. The number of hydrazine groups is 1. The maximum Gasteiger partial charge on any atom is 0.255 e. The number of hydrogen-bond donors (Lipinski definition) is 3. The standard InChI is InChI=1S/C15H17ClN4O/c1-9-7-14(20-17)12(8-18-9)15(21)19-10(2)11-5-3-4-6-13(11)16/h3-8,10H,17H2,1-2H3,(H,18,20)(H,19,21). The summed E-state index contributed by atoms with van der Waals surface area (Å²) in [5, 5.41) is 3.50. The molecule has 0 saturated carbocycles. The van der Waals surface area contributed by atoms with Gasteiger partial charge in [0, 0.05) is 16.9 Å². The number of hydrogen-bond acceptors (Lipinski definition) is 4. The number of nitrogens with two attached hydrogens (primary N) is 1. The van der Waals surface area contributed by atoms with Crippen molar-refractivity contribution in [3.63, 3.8) is 0 Å². The molecule has 0 aliphatic carbocycles. The van der Waals surface area contributed by atoms with Crippen molar-refractivity contribution in [1.82, 2.24) is 10.3 Å². The zero-order valence-corrected chi connectivity index (χ0v) is 12.6. The number of anilines is 1. The molecule has 0 spiro atoms. The summed E-state index contributed by atoms with van der Waals surface area (Å²) in [7, 11) is 0. The molecule has 110 valence electrons. The van der Waals surface area contributed by atoms with Gasteiger partial charge >= 0.3 is 0 Å². The fraction of sp³-hybridized carbons (Fsp3) is 0.200. The monoisotopic (exact) mass is 304 g/mol. The third-order valence-corrected chi connectivity index (χ3v) is 3.50. The van der Waals surface area contributed by atoms with Gasteiger partial charge in [0.15, 0.2) is 0 Å². The first-order chi connectivity index (χ1) is 10.0. The Morgan fingerprint density at radius 3 is 2.76 bits per heavy atom. The van der Waals surface area contributed by atoms with E-state index >= 15 is 0 Å². The minimum atomic E-state index is -0.261. The van der Waals surface area contributed by atoms with Gasteiger partial charge in [0.05, 0.1) is 17.3 Å². The molecule has 1 heterocycles. The molecule has 21 heavy (non-hydrogen) atoms. The molecule has 1 atom stereocenters. The fourth-order valence-corrected chi connectivity index (χ4v) is 2.34. The maximum absolute atomic E-state index is 12.3. The van der Waals surface area contributed by atoms with Crippen molar-refractivity contribution >= 4 is 23.2 Å². The first-order valence-electron chi connectivity index (χ1n) is 6.51. The predicted octanol–water partition coefficient (Wildman–Crippen LogP) is 2.82. The first-order valence-corrected chi connectivity index (χ1v) is 6.89. The quantitative estimate of drug-likeness (QED) is 0.599. The Hall–Kier alpha value is -2.11. The molecule has 1 aromatic carbocycles. The van der Waals surface area contributed by atoms with Crippen molar-refractivity contribution in [3.8, 4) is 0 Å². The number of rotatable bonds is 4. The first kappa shape index (κ1) is 15.3. The summed E-state index contributed by atoms with van der Waals surface area (Å²) in [5.74, 6) is 5.18. The van der Waals surface area contributed by atoms with E-state index in [0.29, 0.717) is 16.3 Å². The van der Waals surface area contributed by atoms with Gasteiger partial charge in [-0.1, -0.05) is 29.8 Å². The van der Waals surface area contributed by atoms with Crippen LogP contribution in [0.5, 0.6) is 0 Å². The highest BCUT2D eigenvalue weighted by atomic mass is 35.5. The van der Waals surface area contributed by atoms with Crippen molar-refractivity contribution in [3.05, 3.63) is 58.4 Å². The minimum Gasteiger partial charge on any atom is -0.345 e. The van der Waals surface area contributed by atoms with Crippen LogP contribution in [-0.2, 0) is 0 Å². The van der Waals surface area contributed by atoms with Crippen LogP contribution in [0, 0.1) is 6.92 Å². The molecular weight excluding hydrogens is 288 g/mol.